The molecule has 0 bridgehead atoms. The van der Waals surface area contributed by atoms with Gasteiger partial charge in [0.15, 0.2) is 0 Å². The van der Waals surface area contributed by atoms with Crippen LogP contribution in [-0.2, 0) is 11.8 Å². The minimum Gasteiger partial charge on any atom is -0.494 e. The molecule has 0 radical (unpaired) electrons. The summed E-state index contributed by atoms with van der Waals surface area (Å²) in [5.41, 5.74) is 2.81. The van der Waals surface area contributed by atoms with Crippen molar-refractivity contribution in [2.75, 3.05) is 19.7 Å². The third-order valence-electron chi connectivity index (χ3n) is 6.40. The number of hydrogen-bond donors (Lipinski definition) is 1. The molecular weight excluding hydrogens is 346 g/mol. The van der Waals surface area contributed by atoms with Crippen molar-refractivity contribution < 1.29 is 9.47 Å². The number of hydrogen-bond acceptors (Lipinski definition) is 3. The average molecular weight is 380 g/mol. The van der Waals surface area contributed by atoms with Crippen LogP contribution >= 0.6 is 0 Å². The van der Waals surface area contributed by atoms with Gasteiger partial charge in [0, 0.05) is 17.4 Å². The van der Waals surface area contributed by atoms with E-state index < -0.39 is 0 Å². The Balaban J connectivity index is 1.53. The number of benzene rings is 2. The second-order valence-electron chi connectivity index (χ2n) is 8.27. The first-order chi connectivity index (χ1) is 13.8. The van der Waals surface area contributed by atoms with Gasteiger partial charge in [0.25, 0.3) is 0 Å². The second kappa shape index (κ2) is 9.00. The summed E-state index contributed by atoms with van der Waals surface area (Å²) in [6.45, 7) is 5.15. The molecule has 3 nitrogen and oxygen atoms in total. The highest BCUT2D eigenvalue weighted by Crippen LogP contribution is 2.50. The number of rotatable bonds is 8. The molecule has 0 amide bonds. The van der Waals surface area contributed by atoms with E-state index in [-0.39, 0.29) is 11.5 Å². The van der Waals surface area contributed by atoms with Gasteiger partial charge in [0.1, 0.15) is 17.6 Å². The second-order valence-corrected chi connectivity index (χ2v) is 8.27. The summed E-state index contributed by atoms with van der Waals surface area (Å²) >= 11 is 0. The molecule has 1 fully saturated rings. The monoisotopic (exact) mass is 379 g/mol. The zero-order valence-corrected chi connectivity index (χ0v) is 17.1. The van der Waals surface area contributed by atoms with Gasteiger partial charge >= 0.3 is 0 Å². The Kier molecular flexibility index (Phi) is 6.21. The van der Waals surface area contributed by atoms with Gasteiger partial charge in [-0.2, -0.15) is 0 Å². The molecule has 2 aromatic carbocycles. The Bertz CT molecular complexity index is 752. The first-order valence-electron chi connectivity index (χ1n) is 11.0. The van der Waals surface area contributed by atoms with Crippen LogP contribution in [0.1, 0.15) is 56.6 Å². The maximum atomic E-state index is 6.53. The Hall–Kier alpha value is -2.00. The van der Waals surface area contributed by atoms with Crippen LogP contribution in [0.4, 0.5) is 0 Å². The first kappa shape index (κ1) is 19.3. The van der Waals surface area contributed by atoms with Crippen LogP contribution in [0.15, 0.2) is 48.5 Å². The van der Waals surface area contributed by atoms with Gasteiger partial charge in [0.05, 0.1) is 6.61 Å². The molecule has 2 aliphatic heterocycles. The van der Waals surface area contributed by atoms with Crippen molar-refractivity contribution in [3.05, 3.63) is 59.7 Å². The maximum absolute atomic E-state index is 6.53. The lowest BCUT2D eigenvalue weighted by molar-refractivity contribution is 0.118. The summed E-state index contributed by atoms with van der Waals surface area (Å²) in [5, 5.41) is 3.53. The quantitative estimate of drug-likeness (QED) is 0.634. The summed E-state index contributed by atoms with van der Waals surface area (Å²) in [7, 11) is 0. The van der Waals surface area contributed by atoms with Gasteiger partial charge in [-0.3, -0.25) is 0 Å². The fraction of sp³-hybridized carbons (Fsp3) is 0.520. The summed E-state index contributed by atoms with van der Waals surface area (Å²) < 4.78 is 12.6. The molecule has 150 valence electrons. The van der Waals surface area contributed by atoms with E-state index in [1.807, 2.05) is 0 Å². The first-order valence-corrected chi connectivity index (χ1v) is 11.0. The van der Waals surface area contributed by atoms with Gasteiger partial charge in [0.2, 0.25) is 0 Å². The van der Waals surface area contributed by atoms with Gasteiger partial charge in [-0.25, -0.2) is 0 Å². The lowest BCUT2D eigenvalue weighted by Gasteiger charge is -2.38. The molecule has 0 aromatic heterocycles. The van der Waals surface area contributed by atoms with Crippen LogP contribution in [0, 0.1) is 0 Å². The molecule has 3 heteroatoms. The van der Waals surface area contributed by atoms with E-state index in [9.17, 15) is 0 Å². The van der Waals surface area contributed by atoms with Gasteiger partial charge in [-0.05, 0) is 56.1 Å². The van der Waals surface area contributed by atoms with Gasteiger partial charge in [-0.15, -0.1) is 0 Å². The third-order valence-corrected chi connectivity index (χ3v) is 6.40. The number of nitrogens with one attached hydrogen (secondary N) is 1. The van der Waals surface area contributed by atoms with Crippen molar-refractivity contribution in [2.24, 2.45) is 0 Å². The van der Waals surface area contributed by atoms with E-state index in [4.69, 9.17) is 9.47 Å². The molecule has 1 unspecified atom stereocenters. The predicted octanol–water partition coefficient (Wildman–Crippen LogP) is 5.27. The lowest BCUT2D eigenvalue weighted by atomic mass is 9.69. The Morgan fingerprint density at radius 3 is 2.64 bits per heavy atom. The van der Waals surface area contributed by atoms with E-state index in [2.05, 4.69) is 60.8 Å². The summed E-state index contributed by atoms with van der Waals surface area (Å²) in [6.07, 6.45) is 8.34. The number of ether oxygens (including phenoxy) is 2. The highest BCUT2D eigenvalue weighted by molar-refractivity contribution is 5.50. The van der Waals surface area contributed by atoms with E-state index in [1.165, 1.54) is 30.4 Å². The Labute approximate surface area is 169 Å². The molecule has 0 aliphatic carbocycles. The number of unbranched alkanes of at least 4 members (excludes halogenated alkanes) is 3. The molecule has 4 rings (SSSR count). The minimum atomic E-state index is 0.0952. The molecule has 2 aliphatic rings. The largest absolute Gasteiger partial charge is 0.494 e. The molecular formula is C25H33NO2. The standard InChI is InChI=1S/C25H33NO2/c1-2-3-4-8-17-27-21-11-12-23-22(19-21)25(13-15-26-16-14-25)24(28-23)18-20-9-6-5-7-10-20/h5-7,9-12,19,24,26H,2-4,8,13-18H2,1H3. The van der Waals surface area contributed by atoms with Gasteiger partial charge in [-0.1, -0.05) is 56.5 Å². The molecule has 1 spiro atoms. The zero-order valence-electron chi connectivity index (χ0n) is 17.1. The molecule has 2 heterocycles. The lowest BCUT2D eigenvalue weighted by Crippen LogP contribution is -2.47. The molecule has 1 N–H and O–H groups in total. The smallest absolute Gasteiger partial charge is 0.123 e. The number of piperidine rings is 1. The zero-order chi connectivity index (χ0) is 19.2. The maximum Gasteiger partial charge on any atom is 0.123 e. The molecule has 1 atom stereocenters. The summed E-state index contributed by atoms with van der Waals surface area (Å²) in [6, 6.07) is 17.2. The van der Waals surface area contributed by atoms with Gasteiger partial charge < -0.3 is 14.8 Å². The van der Waals surface area contributed by atoms with E-state index in [0.717, 1.165) is 56.9 Å². The van der Waals surface area contributed by atoms with E-state index in [0.29, 0.717) is 0 Å². The van der Waals surface area contributed by atoms with Crippen molar-refractivity contribution >= 4 is 0 Å². The normalized spacial score (nSPS) is 20.0. The fourth-order valence-corrected chi connectivity index (χ4v) is 4.78. The van der Waals surface area contributed by atoms with Crippen molar-refractivity contribution in [3.8, 4) is 11.5 Å². The van der Waals surface area contributed by atoms with Crippen LogP contribution in [0.3, 0.4) is 0 Å². The molecule has 28 heavy (non-hydrogen) atoms. The SMILES string of the molecule is CCCCCCOc1ccc2c(c1)C1(CCNCC1)C(Cc1ccccc1)O2. The van der Waals surface area contributed by atoms with E-state index in [1.54, 1.807) is 0 Å². The Morgan fingerprint density at radius 1 is 1.04 bits per heavy atom. The van der Waals surface area contributed by atoms with Crippen molar-refractivity contribution in [3.63, 3.8) is 0 Å². The van der Waals surface area contributed by atoms with Crippen LogP contribution in [0.2, 0.25) is 0 Å². The van der Waals surface area contributed by atoms with Crippen molar-refractivity contribution in [2.45, 2.75) is 63.4 Å². The number of fused-ring (bicyclic) bond motifs is 2. The highest BCUT2D eigenvalue weighted by atomic mass is 16.5. The van der Waals surface area contributed by atoms with Crippen LogP contribution in [0.5, 0.6) is 11.5 Å². The van der Waals surface area contributed by atoms with E-state index >= 15 is 0 Å². The molecule has 2 aromatic rings. The highest BCUT2D eigenvalue weighted by Gasteiger charge is 2.49. The summed E-state index contributed by atoms with van der Waals surface area (Å²) in [4.78, 5) is 0. The van der Waals surface area contributed by atoms with Crippen molar-refractivity contribution in [1.82, 2.24) is 5.32 Å². The van der Waals surface area contributed by atoms with Crippen LogP contribution in [-0.4, -0.2) is 25.8 Å². The predicted molar refractivity (Wildman–Crippen MR) is 114 cm³/mol. The topological polar surface area (TPSA) is 30.5 Å². The third kappa shape index (κ3) is 4.05. The van der Waals surface area contributed by atoms with Crippen LogP contribution in [0.25, 0.3) is 0 Å². The molecule has 0 saturated carbocycles. The molecule has 1 saturated heterocycles. The average Bonchev–Trinajstić information content (AvgIpc) is 3.01. The summed E-state index contributed by atoms with van der Waals surface area (Å²) in [5.74, 6) is 2.05. The van der Waals surface area contributed by atoms with Crippen molar-refractivity contribution in [1.29, 1.82) is 0 Å². The minimum absolute atomic E-state index is 0.0952. The van der Waals surface area contributed by atoms with Crippen LogP contribution < -0.4 is 14.8 Å². The fourth-order valence-electron chi connectivity index (χ4n) is 4.78. The Morgan fingerprint density at radius 2 is 1.86 bits per heavy atom.